The number of ether oxygens (including phenoxy) is 1. The van der Waals surface area contributed by atoms with Gasteiger partial charge in [-0.2, -0.15) is 0 Å². The summed E-state index contributed by atoms with van der Waals surface area (Å²) < 4.78 is 5.14. The molecule has 0 N–H and O–H groups in total. The first-order chi connectivity index (χ1) is 4.81. The lowest BCUT2D eigenvalue weighted by molar-refractivity contribution is -0.151. The quantitative estimate of drug-likeness (QED) is 0.471. The van der Waals surface area contributed by atoms with Gasteiger partial charge in [-0.15, -0.1) is 0 Å². The molecule has 0 amide bonds. The van der Waals surface area contributed by atoms with E-state index < -0.39 is 8.80 Å². The molecule has 0 aliphatic carbocycles. The minimum absolute atomic E-state index is 0.0424. The van der Waals surface area contributed by atoms with Crippen LogP contribution in [0.25, 0.3) is 0 Å². The summed E-state index contributed by atoms with van der Waals surface area (Å²) in [5, 5.41) is 0. The fourth-order valence-electron chi connectivity index (χ4n) is 0.717. The second-order valence-electron chi connectivity index (χ2n) is 4.18. The molecule has 0 aromatic carbocycles. The van der Waals surface area contributed by atoms with Crippen LogP contribution >= 0.6 is 0 Å². The van der Waals surface area contributed by atoms with Crippen molar-refractivity contribution >= 4 is 14.8 Å². The van der Waals surface area contributed by atoms with Crippen LogP contribution < -0.4 is 0 Å². The molecule has 0 saturated heterocycles. The molecule has 0 aromatic heterocycles. The number of esters is 1. The number of hydrogen-bond acceptors (Lipinski definition) is 2. The van der Waals surface area contributed by atoms with Gasteiger partial charge in [-0.05, 0) is 20.8 Å². The minimum atomic E-state index is -0.792. The maximum atomic E-state index is 11.1. The first-order valence-corrected chi connectivity index (χ1v) is 7.15. The summed E-state index contributed by atoms with van der Waals surface area (Å²) in [5.41, 5.74) is -0.319. The molecule has 66 valence electrons. The smallest absolute Gasteiger partial charge is 0.303 e. The zero-order valence-corrected chi connectivity index (χ0v) is 9.26. The lowest BCUT2D eigenvalue weighted by Gasteiger charge is -2.19. The second kappa shape index (κ2) is 3.90. The highest BCUT2D eigenvalue weighted by Gasteiger charge is 2.16. The van der Waals surface area contributed by atoms with Crippen LogP contribution in [0, 0.1) is 0 Å². The summed E-state index contributed by atoms with van der Waals surface area (Å²) in [6, 6.07) is 0.650. The first-order valence-electron chi connectivity index (χ1n) is 4.03. The van der Waals surface area contributed by atoms with Gasteiger partial charge in [0.1, 0.15) is 5.60 Å². The number of carbonyl (C=O) groups excluding carboxylic acids is 1. The van der Waals surface area contributed by atoms with Gasteiger partial charge in [-0.3, -0.25) is 4.79 Å². The third kappa shape index (κ3) is 7.59. The van der Waals surface area contributed by atoms with Crippen molar-refractivity contribution in [3.63, 3.8) is 0 Å². The lowest BCUT2D eigenvalue weighted by Crippen LogP contribution is -2.25. The van der Waals surface area contributed by atoms with Gasteiger partial charge < -0.3 is 4.74 Å². The maximum Gasteiger partial charge on any atom is 0.303 e. The van der Waals surface area contributed by atoms with Crippen LogP contribution in [-0.2, 0) is 9.53 Å². The monoisotopic (exact) mass is 174 g/mol. The zero-order valence-electron chi connectivity index (χ0n) is 8.10. The van der Waals surface area contributed by atoms with Crippen molar-refractivity contribution in [1.82, 2.24) is 0 Å². The van der Waals surface area contributed by atoms with E-state index in [4.69, 9.17) is 4.74 Å². The Morgan fingerprint density at radius 3 is 2.09 bits per heavy atom. The third-order valence-corrected chi connectivity index (χ3v) is 2.14. The fourth-order valence-corrected chi connectivity index (χ4v) is 1.47. The molecule has 0 saturated carbocycles. The molecular weight excluding hydrogens is 156 g/mol. The maximum absolute atomic E-state index is 11.1. The van der Waals surface area contributed by atoms with E-state index in [-0.39, 0.29) is 11.6 Å². The van der Waals surface area contributed by atoms with Crippen LogP contribution in [0.5, 0.6) is 0 Å². The van der Waals surface area contributed by atoms with Crippen molar-refractivity contribution in [2.24, 2.45) is 0 Å². The summed E-state index contributed by atoms with van der Waals surface area (Å²) in [6.07, 6.45) is 0. The van der Waals surface area contributed by atoms with Gasteiger partial charge in [0, 0.05) is 14.8 Å². The Hall–Kier alpha value is -0.313. The van der Waals surface area contributed by atoms with Gasteiger partial charge in [0.2, 0.25) is 0 Å². The largest absolute Gasteiger partial charge is 0.460 e. The Balaban J connectivity index is 3.71. The summed E-state index contributed by atoms with van der Waals surface area (Å²) in [7, 11) is -0.792. The van der Waals surface area contributed by atoms with E-state index in [0.717, 1.165) is 0 Å². The molecule has 0 aromatic rings. The minimum Gasteiger partial charge on any atom is -0.460 e. The molecule has 0 fully saturated rings. The Morgan fingerprint density at radius 2 is 1.82 bits per heavy atom. The predicted molar refractivity (Wildman–Crippen MR) is 49.5 cm³/mol. The highest BCUT2D eigenvalue weighted by Crippen LogP contribution is 2.09. The molecule has 0 radical (unpaired) electrons. The van der Waals surface area contributed by atoms with Gasteiger partial charge in [-0.1, -0.05) is 13.1 Å². The van der Waals surface area contributed by atoms with E-state index in [1.807, 2.05) is 20.8 Å². The molecule has 0 rings (SSSR count). The normalized spacial score (nSPS) is 11.8. The summed E-state index contributed by atoms with van der Waals surface area (Å²) in [5.74, 6) is -0.0424. The van der Waals surface area contributed by atoms with Crippen molar-refractivity contribution < 1.29 is 9.53 Å². The van der Waals surface area contributed by atoms with E-state index in [2.05, 4.69) is 13.1 Å². The van der Waals surface area contributed by atoms with E-state index in [9.17, 15) is 4.79 Å². The number of carbonyl (C=O) groups is 1. The van der Waals surface area contributed by atoms with Crippen molar-refractivity contribution in [2.75, 3.05) is 0 Å². The van der Waals surface area contributed by atoms with Crippen molar-refractivity contribution in [2.45, 2.75) is 45.5 Å². The van der Waals surface area contributed by atoms with Crippen molar-refractivity contribution in [3.8, 4) is 0 Å². The zero-order chi connectivity index (χ0) is 9.07. The van der Waals surface area contributed by atoms with Gasteiger partial charge >= 0.3 is 5.97 Å². The second-order valence-corrected chi connectivity index (χ2v) is 7.38. The van der Waals surface area contributed by atoms with Crippen LogP contribution in [0.4, 0.5) is 0 Å². The highest BCUT2D eigenvalue weighted by molar-refractivity contribution is 6.59. The molecular formula is C8H18O2Si. The van der Waals surface area contributed by atoms with Crippen molar-refractivity contribution in [3.05, 3.63) is 0 Å². The van der Waals surface area contributed by atoms with Gasteiger partial charge in [0.15, 0.2) is 0 Å². The summed E-state index contributed by atoms with van der Waals surface area (Å²) in [4.78, 5) is 11.1. The standard InChI is InChI=1S/C8H18O2Si/c1-8(2,3)10-7(9)6-11(4)5/h11H,6H2,1-5H3. The molecule has 3 heteroatoms. The molecule has 0 bridgehead atoms. The summed E-state index contributed by atoms with van der Waals surface area (Å²) in [6.45, 7) is 9.97. The molecule has 0 spiro atoms. The van der Waals surface area contributed by atoms with Crippen LogP contribution in [0.3, 0.4) is 0 Å². The van der Waals surface area contributed by atoms with Crippen LogP contribution in [0.2, 0.25) is 19.1 Å². The van der Waals surface area contributed by atoms with Crippen LogP contribution in [0.15, 0.2) is 0 Å². The Kier molecular flexibility index (Phi) is 3.79. The molecule has 0 unspecified atom stereocenters. The molecule has 0 atom stereocenters. The Morgan fingerprint density at radius 1 is 1.36 bits per heavy atom. The van der Waals surface area contributed by atoms with Gasteiger partial charge in [0.25, 0.3) is 0 Å². The van der Waals surface area contributed by atoms with Crippen molar-refractivity contribution in [1.29, 1.82) is 0 Å². The lowest BCUT2D eigenvalue weighted by atomic mass is 10.2. The van der Waals surface area contributed by atoms with Crippen LogP contribution in [-0.4, -0.2) is 20.4 Å². The molecule has 0 aliphatic rings. The molecule has 11 heavy (non-hydrogen) atoms. The third-order valence-electron chi connectivity index (χ3n) is 0.995. The Bertz CT molecular complexity index is 136. The first kappa shape index (κ1) is 10.7. The summed E-state index contributed by atoms with van der Waals surface area (Å²) >= 11 is 0. The topological polar surface area (TPSA) is 26.3 Å². The van der Waals surface area contributed by atoms with E-state index in [1.54, 1.807) is 0 Å². The predicted octanol–water partition coefficient (Wildman–Crippen LogP) is 1.81. The Labute approximate surface area is 70.5 Å². The highest BCUT2D eigenvalue weighted by atomic mass is 28.3. The van der Waals surface area contributed by atoms with Crippen LogP contribution in [0.1, 0.15) is 20.8 Å². The average molecular weight is 174 g/mol. The fraction of sp³-hybridized carbons (Fsp3) is 0.875. The molecule has 0 heterocycles. The SMILES string of the molecule is C[SiH](C)CC(=O)OC(C)(C)C. The number of rotatable bonds is 2. The van der Waals surface area contributed by atoms with E-state index >= 15 is 0 Å². The average Bonchev–Trinajstić information content (AvgIpc) is 1.53. The van der Waals surface area contributed by atoms with Gasteiger partial charge in [0.05, 0.1) is 0 Å². The molecule has 2 nitrogen and oxygen atoms in total. The van der Waals surface area contributed by atoms with Gasteiger partial charge in [-0.25, -0.2) is 0 Å². The molecule has 0 aliphatic heterocycles. The van der Waals surface area contributed by atoms with E-state index in [0.29, 0.717) is 6.04 Å². The number of hydrogen-bond donors (Lipinski definition) is 0. The van der Waals surface area contributed by atoms with E-state index in [1.165, 1.54) is 0 Å².